The summed E-state index contributed by atoms with van der Waals surface area (Å²) in [6.07, 6.45) is 10.2. The fourth-order valence-corrected chi connectivity index (χ4v) is 2.13. The van der Waals surface area contributed by atoms with E-state index in [-0.39, 0.29) is 11.7 Å². The molecule has 12 N–H and O–H groups in total. The molecule has 0 unspecified atom stereocenters. The Morgan fingerprint density at radius 1 is 0.393 bits per heavy atom. The van der Waals surface area contributed by atoms with Gasteiger partial charge >= 0.3 is 0 Å². The van der Waals surface area contributed by atoms with Gasteiger partial charge in [0.15, 0.2) is 0 Å². The van der Waals surface area contributed by atoms with Crippen LogP contribution in [0.3, 0.4) is 0 Å². The van der Waals surface area contributed by atoms with Gasteiger partial charge in [0.2, 0.25) is 0 Å². The molecule has 0 atom stereocenters. The molecule has 0 bridgehead atoms. The third-order valence-electron chi connectivity index (χ3n) is 3.75. The van der Waals surface area contributed by atoms with Gasteiger partial charge in [-0.2, -0.15) is 0 Å². The van der Waals surface area contributed by atoms with Crippen LogP contribution in [0.5, 0.6) is 0 Å². The Kier molecular flexibility index (Phi) is 19.9. The zero-order valence-corrected chi connectivity index (χ0v) is 16.4. The monoisotopic (exact) mass is 404 g/mol. The van der Waals surface area contributed by atoms with Crippen molar-refractivity contribution >= 4 is 23.3 Å². The number of rotatable bonds is 14. The highest BCUT2D eigenvalue weighted by Crippen LogP contribution is 2.08. The normalized spacial score (nSPS) is 13.1. The lowest BCUT2D eigenvalue weighted by molar-refractivity contribution is 0.315. The molecular weight excluding hydrogens is 368 g/mol. The molecule has 12 nitrogen and oxygen atoms in total. The third kappa shape index (κ3) is 21.1. The summed E-state index contributed by atoms with van der Waals surface area (Å²) in [5.74, 6) is 1.00. The molecule has 0 heterocycles. The second-order valence-electron chi connectivity index (χ2n) is 6.19. The smallest absolute Gasteiger partial charge is 0.139 e. The molecule has 0 rings (SSSR count). The summed E-state index contributed by atoms with van der Waals surface area (Å²) in [5.41, 5.74) is 21.1. The van der Waals surface area contributed by atoms with E-state index in [1.54, 1.807) is 0 Å². The van der Waals surface area contributed by atoms with E-state index < -0.39 is 0 Å². The predicted octanol–water partition coefficient (Wildman–Crippen LogP) is 1.64. The van der Waals surface area contributed by atoms with Gasteiger partial charge in [0.1, 0.15) is 23.3 Å². The first-order chi connectivity index (χ1) is 13.4. The molecule has 0 aromatic heterocycles. The molecule has 0 aliphatic carbocycles. The highest BCUT2D eigenvalue weighted by Gasteiger charge is 1.97. The van der Waals surface area contributed by atoms with Crippen molar-refractivity contribution in [1.29, 1.82) is 0 Å². The van der Waals surface area contributed by atoms with E-state index in [9.17, 15) is 0 Å². The minimum Gasteiger partial charge on any atom is -0.409 e. The van der Waals surface area contributed by atoms with Crippen LogP contribution >= 0.6 is 0 Å². The van der Waals surface area contributed by atoms with Crippen LogP contribution in [0.4, 0.5) is 0 Å². The van der Waals surface area contributed by atoms with Crippen LogP contribution in [0.15, 0.2) is 20.6 Å². The standard InChI is InChI=1S/C10H22N4O2.C6H14N4O2/c11-9(13-15)7-5-3-1-2-4-6-8-10(12)14-16;7-5(9-11)3-1-2-4-6(8)10-12/h15-16H,1-8H2,(H2,11,13)(H2,12,14);11-12H,1-4H2,(H2,7,9)(H2,8,10). The molecule has 164 valence electrons. The maximum atomic E-state index is 8.30. The number of hydrogen-bond donors (Lipinski definition) is 8. The summed E-state index contributed by atoms with van der Waals surface area (Å²) in [7, 11) is 0. The van der Waals surface area contributed by atoms with Gasteiger partial charge in [0, 0.05) is 25.7 Å². The van der Waals surface area contributed by atoms with E-state index in [4.69, 9.17) is 43.8 Å². The molecule has 12 heteroatoms. The van der Waals surface area contributed by atoms with Crippen LogP contribution in [0.2, 0.25) is 0 Å². The summed E-state index contributed by atoms with van der Waals surface area (Å²) in [4.78, 5) is 0. The first kappa shape index (κ1) is 27.3. The highest BCUT2D eigenvalue weighted by atomic mass is 16.4. The first-order valence-electron chi connectivity index (χ1n) is 9.26. The predicted molar refractivity (Wildman–Crippen MR) is 109 cm³/mol. The molecule has 0 aromatic rings. The van der Waals surface area contributed by atoms with Crippen LogP contribution < -0.4 is 22.9 Å². The number of unbranched alkanes of at least 4 members (excludes halogenated alkanes) is 6. The van der Waals surface area contributed by atoms with Crippen LogP contribution in [-0.4, -0.2) is 44.2 Å². The zero-order chi connectivity index (χ0) is 21.6. The molecule has 0 aliphatic heterocycles. The Bertz CT molecular complexity index is 451. The topological polar surface area (TPSA) is 234 Å². The maximum absolute atomic E-state index is 8.30. The van der Waals surface area contributed by atoms with E-state index in [1.807, 2.05) is 0 Å². The molecular formula is C16H36N8O4. The minimum atomic E-state index is 0.203. The lowest BCUT2D eigenvalue weighted by atomic mass is 10.1. The molecule has 28 heavy (non-hydrogen) atoms. The third-order valence-corrected chi connectivity index (χ3v) is 3.75. The molecule has 0 aromatic carbocycles. The van der Waals surface area contributed by atoms with Gasteiger partial charge in [-0.15, -0.1) is 0 Å². The van der Waals surface area contributed by atoms with Crippen molar-refractivity contribution in [2.24, 2.45) is 43.6 Å². The second-order valence-corrected chi connectivity index (χ2v) is 6.19. The Morgan fingerprint density at radius 2 is 0.571 bits per heavy atom. The Hall–Kier alpha value is -2.92. The number of nitrogens with two attached hydrogens (primary N) is 4. The van der Waals surface area contributed by atoms with Gasteiger partial charge in [-0.25, -0.2) is 0 Å². The Labute approximate surface area is 165 Å². The van der Waals surface area contributed by atoms with Gasteiger partial charge in [0.05, 0.1) is 0 Å². The summed E-state index contributed by atoms with van der Waals surface area (Å²) in [5, 5.41) is 44.4. The fourth-order valence-electron chi connectivity index (χ4n) is 2.13. The Balaban J connectivity index is 0. The van der Waals surface area contributed by atoms with Crippen molar-refractivity contribution in [3.05, 3.63) is 0 Å². The largest absolute Gasteiger partial charge is 0.409 e. The van der Waals surface area contributed by atoms with Gasteiger partial charge in [-0.1, -0.05) is 46.3 Å². The van der Waals surface area contributed by atoms with Gasteiger partial charge in [0.25, 0.3) is 0 Å². The summed E-state index contributed by atoms with van der Waals surface area (Å²) in [6, 6.07) is 0. The Morgan fingerprint density at radius 3 is 0.786 bits per heavy atom. The molecule has 0 radical (unpaired) electrons. The molecule has 0 spiro atoms. The second kappa shape index (κ2) is 20.4. The fraction of sp³-hybridized carbons (Fsp3) is 0.750. The number of hydrogen-bond acceptors (Lipinski definition) is 8. The molecule has 0 saturated carbocycles. The lowest BCUT2D eigenvalue weighted by Gasteiger charge is -2.01. The summed E-state index contributed by atoms with van der Waals surface area (Å²) >= 11 is 0. The van der Waals surface area contributed by atoms with Crippen molar-refractivity contribution in [3.8, 4) is 0 Å². The average molecular weight is 405 g/mol. The van der Waals surface area contributed by atoms with Crippen LogP contribution in [0.1, 0.15) is 77.0 Å². The number of nitrogens with zero attached hydrogens (tertiary/aromatic N) is 4. The van der Waals surface area contributed by atoms with Crippen molar-refractivity contribution in [2.45, 2.75) is 77.0 Å². The van der Waals surface area contributed by atoms with E-state index in [2.05, 4.69) is 20.6 Å². The van der Waals surface area contributed by atoms with Gasteiger partial charge in [-0.3, -0.25) is 0 Å². The maximum Gasteiger partial charge on any atom is 0.139 e. The van der Waals surface area contributed by atoms with Gasteiger partial charge < -0.3 is 43.8 Å². The number of oxime groups is 4. The van der Waals surface area contributed by atoms with E-state index >= 15 is 0 Å². The molecule has 0 aliphatic rings. The SMILES string of the molecule is N/C(CCCC/C(N)=N\O)=N\O.N/C(CCCCCCCC/C(N)=N\O)=N\O. The minimum absolute atomic E-state index is 0.203. The molecule has 0 amide bonds. The van der Waals surface area contributed by atoms with E-state index in [1.165, 1.54) is 0 Å². The van der Waals surface area contributed by atoms with Gasteiger partial charge in [-0.05, 0) is 25.7 Å². The van der Waals surface area contributed by atoms with E-state index in [0.717, 1.165) is 51.4 Å². The molecule has 0 fully saturated rings. The quantitative estimate of drug-likeness (QED) is 0.0694. The van der Waals surface area contributed by atoms with Crippen molar-refractivity contribution < 1.29 is 20.8 Å². The lowest BCUT2D eigenvalue weighted by Crippen LogP contribution is -2.13. The highest BCUT2D eigenvalue weighted by molar-refractivity contribution is 5.81. The van der Waals surface area contributed by atoms with Crippen molar-refractivity contribution in [2.75, 3.05) is 0 Å². The van der Waals surface area contributed by atoms with Crippen LogP contribution in [0, 0.1) is 0 Å². The zero-order valence-electron chi connectivity index (χ0n) is 16.4. The summed E-state index contributed by atoms with van der Waals surface area (Å²) in [6.45, 7) is 0. The number of amidine groups is 4. The van der Waals surface area contributed by atoms with Crippen molar-refractivity contribution in [1.82, 2.24) is 0 Å². The first-order valence-corrected chi connectivity index (χ1v) is 9.26. The average Bonchev–Trinajstić information content (AvgIpc) is 2.72. The van der Waals surface area contributed by atoms with Crippen molar-refractivity contribution in [3.63, 3.8) is 0 Å². The van der Waals surface area contributed by atoms with Crippen LogP contribution in [-0.2, 0) is 0 Å². The van der Waals surface area contributed by atoms with E-state index in [0.29, 0.717) is 37.4 Å². The molecule has 0 saturated heterocycles. The van der Waals surface area contributed by atoms with Crippen LogP contribution in [0.25, 0.3) is 0 Å². The summed E-state index contributed by atoms with van der Waals surface area (Å²) < 4.78 is 0.